The highest BCUT2D eigenvalue weighted by Crippen LogP contribution is 2.33. The number of alkyl carbamates (subject to hydrolysis) is 1. The molecule has 1 unspecified atom stereocenters. The molecule has 1 amide bonds. The van der Waals surface area contributed by atoms with Crippen LogP contribution in [0, 0.1) is 17.1 Å². The van der Waals surface area contributed by atoms with Crippen LogP contribution in [0.2, 0.25) is 0 Å². The Balaban J connectivity index is 3.49. The van der Waals surface area contributed by atoms with Gasteiger partial charge in [0.25, 0.3) is 0 Å². The highest BCUT2D eigenvalue weighted by atomic mass is 79.9. The van der Waals surface area contributed by atoms with Gasteiger partial charge in [-0.05, 0) is 52.8 Å². The third kappa shape index (κ3) is 5.42. The van der Waals surface area contributed by atoms with E-state index in [1.165, 1.54) is 26.0 Å². The molecule has 0 saturated heterocycles. The summed E-state index contributed by atoms with van der Waals surface area (Å²) >= 11 is 3.22. The lowest BCUT2D eigenvalue weighted by Crippen LogP contribution is -2.55. The van der Waals surface area contributed by atoms with Crippen molar-refractivity contribution in [2.75, 3.05) is 5.75 Å². The number of carbonyl (C=O) groups excluding carboxylic acids is 1. The smallest absolute Gasteiger partial charge is 0.408 e. The van der Waals surface area contributed by atoms with Gasteiger partial charge in [-0.1, -0.05) is 15.9 Å². The summed E-state index contributed by atoms with van der Waals surface area (Å²) in [7, 11) is -3.95. The minimum absolute atomic E-state index is 0.0354. The Morgan fingerprint density at radius 3 is 2.46 bits per heavy atom. The predicted molar refractivity (Wildman–Crippen MR) is 99.7 cm³/mol. The molecule has 1 aromatic carbocycles. The van der Waals surface area contributed by atoms with Crippen molar-refractivity contribution in [3.63, 3.8) is 0 Å². The quantitative estimate of drug-likeness (QED) is 0.740. The summed E-state index contributed by atoms with van der Waals surface area (Å²) in [6.07, 6.45) is -0.890. The van der Waals surface area contributed by atoms with Crippen LogP contribution in [0.4, 0.5) is 9.18 Å². The van der Waals surface area contributed by atoms with Gasteiger partial charge in [-0.25, -0.2) is 17.6 Å². The third-order valence-corrected chi connectivity index (χ3v) is 6.44. The molecule has 0 aliphatic carbocycles. The number of halogens is 2. The second-order valence-corrected chi connectivity index (χ2v) is 10.3. The van der Waals surface area contributed by atoms with Gasteiger partial charge >= 0.3 is 6.09 Å². The van der Waals surface area contributed by atoms with Crippen LogP contribution in [0.1, 0.15) is 40.2 Å². The van der Waals surface area contributed by atoms with Gasteiger partial charge in [-0.2, -0.15) is 5.26 Å². The Labute approximate surface area is 161 Å². The van der Waals surface area contributed by atoms with E-state index in [0.717, 1.165) is 6.07 Å². The largest absolute Gasteiger partial charge is 0.444 e. The highest BCUT2D eigenvalue weighted by molar-refractivity contribution is 9.10. The molecular weight excluding hydrogens is 427 g/mol. The molecule has 26 heavy (non-hydrogen) atoms. The Hall–Kier alpha value is -1.66. The number of benzene rings is 1. The van der Waals surface area contributed by atoms with E-state index in [-0.39, 0.29) is 5.56 Å². The van der Waals surface area contributed by atoms with Gasteiger partial charge in [0, 0.05) is 10.0 Å². The molecular formula is C17H22BrFN2O4S. The van der Waals surface area contributed by atoms with E-state index in [4.69, 9.17) is 10.00 Å². The highest BCUT2D eigenvalue weighted by Gasteiger charge is 2.44. The number of hydrogen-bond acceptors (Lipinski definition) is 5. The molecule has 2 atom stereocenters. The zero-order valence-corrected chi connectivity index (χ0v) is 17.7. The number of hydrogen-bond donors (Lipinski definition) is 1. The molecule has 0 fully saturated rings. The molecule has 1 N–H and O–H groups in total. The summed E-state index contributed by atoms with van der Waals surface area (Å²) in [6, 6.07) is 5.61. The summed E-state index contributed by atoms with van der Waals surface area (Å²) in [6.45, 7) is 7.67. The standard InChI is InChI=1S/C17H22BrFN2O4S/c1-11(26(23,24)9-8-20)17(5,21-15(22)25-16(2,3)4)13-10-12(18)6-7-14(13)19/h6-7,10-11H,9H2,1-5H3,(H,21,22)/t11?,17-/m0/s1. The predicted octanol–water partition coefficient (Wildman–Crippen LogP) is 3.65. The molecule has 0 radical (unpaired) electrons. The lowest BCUT2D eigenvalue weighted by Gasteiger charge is -2.37. The summed E-state index contributed by atoms with van der Waals surface area (Å²) in [5.74, 6) is -1.44. The maximum Gasteiger partial charge on any atom is 0.408 e. The lowest BCUT2D eigenvalue weighted by atomic mass is 9.88. The fourth-order valence-corrected chi connectivity index (χ4v) is 4.07. The number of nitrogens with one attached hydrogen (secondary N) is 1. The Morgan fingerprint density at radius 1 is 1.38 bits per heavy atom. The van der Waals surface area contributed by atoms with Crippen LogP contribution >= 0.6 is 15.9 Å². The van der Waals surface area contributed by atoms with Gasteiger partial charge in [0.05, 0.1) is 16.9 Å². The Kier molecular flexibility index (Phi) is 6.82. The van der Waals surface area contributed by atoms with Crippen LogP contribution < -0.4 is 5.32 Å². The van der Waals surface area contributed by atoms with E-state index in [0.29, 0.717) is 4.47 Å². The first-order valence-electron chi connectivity index (χ1n) is 7.78. The van der Waals surface area contributed by atoms with E-state index in [1.807, 2.05) is 0 Å². The number of sulfone groups is 1. The summed E-state index contributed by atoms with van der Waals surface area (Å²) in [5.41, 5.74) is -2.52. The molecule has 6 nitrogen and oxygen atoms in total. The van der Waals surface area contributed by atoms with Crippen molar-refractivity contribution in [1.82, 2.24) is 5.32 Å². The van der Waals surface area contributed by atoms with Crippen molar-refractivity contribution in [2.24, 2.45) is 0 Å². The minimum atomic E-state index is -3.95. The van der Waals surface area contributed by atoms with Crippen LogP contribution in [0.5, 0.6) is 0 Å². The van der Waals surface area contributed by atoms with E-state index in [1.54, 1.807) is 26.8 Å². The van der Waals surface area contributed by atoms with E-state index in [2.05, 4.69) is 21.2 Å². The van der Waals surface area contributed by atoms with Crippen LogP contribution in [0.15, 0.2) is 22.7 Å². The zero-order chi connectivity index (χ0) is 20.3. The number of carbonyl (C=O) groups is 1. The van der Waals surface area contributed by atoms with Crippen molar-refractivity contribution >= 4 is 31.9 Å². The van der Waals surface area contributed by atoms with Crippen LogP contribution in [0.3, 0.4) is 0 Å². The average Bonchev–Trinajstić information content (AvgIpc) is 2.46. The average molecular weight is 449 g/mol. The topological polar surface area (TPSA) is 96.3 Å². The van der Waals surface area contributed by atoms with E-state index >= 15 is 0 Å². The summed E-state index contributed by atoms with van der Waals surface area (Å²) in [4.78, 5) is 12.3. The zero-order valence-electron chi connectivity index (χ0n) is 15.3. The van der Waals surface area contributed by atoms with Gasteiger partial charge in [0.2, 0.25) is 0 Å². The second kappa shape index (κ2) is 7.92. The van der Waals surface area contributed by atoms with Gasteiger partial charge < -0.3 is 10.1 Å². The molecule has 1 rings (SSSR count). The molecule has 144 valence electrons. The molecule has 0 heterocycles. The Bertz CT molecular complexity index is 830. The summed E-state index contributed by atoms with van der Waals surface area (Å²) in [5, 5.41) is 10.00. The number of ether oxygens (including phenoxy) is 1. The van der Waals surface area contributed by atoms with Gasteiger partial charge in [0.1, 0.15) is 17.2 Å². The molecule has 0 spiro atoms. The molecule has 0 saturated carbocycles. The first-order valence-corrected chi connectivity index (χ1v) is 10.3. The van der Waals surface area contributed by atoms with Gasteiger partial charge in [0.15, 0.2) is 9.84 Å². The number of nitrogens with zero attached hydrogens (tertiary/aromatic N) is 1. The maximum atomic E-state index is 14.5. The van der Waals surface area contributed by atoms with Crippen molar-refractivity contribution in [1.29, 1.82) is 5.26 Å². The fraction of sp³-hybridized carbons (Fsp3) is 0.529. The normalized spacial score (nSPS) is 15.5. The van der Waals surface area contributed by atoms with E-state index < -0.39 is 43.9 Å². The number of nitriles is 1. The fourth-order valence-electron chi connectivity index (χ4n) is 2.37. The molecule has 0 aromatic heterocycles. The van der Waals surface area contributed by atoms with Crippen LogP contribution in [0.25, 0.3) is 0 Å². The maximum absolute atomic E-state index is 14.5. The first-order chi connectivity index (χ1) is 11.7. The molecule has 1 aromatic rings. The van der Waals surface area contributed by atoms with Crippen molar-refractivity contribution in [2.45, 2.75) is 51.0 Å². The van der Waals surface area contributed by atoms with Crippen LogP contribution in [-0.2, 0) is 20.1 Å². The minimum Gasteiger partial charge on any atom is -0.444 e. The van der Waals surface area contributed by atoms with E-state index in [9.17, 15) is 17.6 Å². The molecule has 0 aliphatic rings. The second-order valence-electron chi connectivity index (χ2n) is 7.06. The number of amides is 1. The first kappa shape index (κ1) is 22.4. The van der Waals surface area contributed by atoms with Crippen LogP contribution in [-0.4, -0.2) is 31.1 Å². The lowest BCUT2D eigenvalue weighted by molar-refractivity contribution is 0.0458. The SMILES string of the molecule is CC([C@](C)(NC(=O)OC(C)(C)C)c1cc(Br)ccc1F)S(=O)(=O)CC#N. The number of rotatable bonds is 5. The van der Waals surface area contributed by atoms with Crippen molar-refractivity contribution < 1.29 is 22.3 Å². The third-order valence-electron chi connectivity index (χ3n) is 3.87. The monoisotopic (exact) mass is 448 g/mol. The van der Waals surface area contributed by atoms with Crippen molar-refractivity contribution in [3.05, 3.63) is 34.1 Å². The Morgan fingerprint density at radius 2 is 1.96 bits per heavy atom. The molecule has 0 aliphatic heterocycles. The molecule has 0 bridgehead atoms. The summed E-state index contributed by atoms with van der Waals surface area (Å²) < 4.78 is 45.2. The van der Waals surface area contributed by atoms with Crippen molar-refractivity contribution in [3.8, 4) is 6.07 Å². The molecule has 9 heteroatoms. The van der Waals surface area contributed by atoms with Gasteiger partial charge in [-0.15, -0.1) is 0 Å². The van der Waals surface area contributed by atoms with Gasteiger partial charge in [-0.3, -0.25) is 0 Å².